The molecule has 1 saturated carbocycles. The van der Waals surface area contributed by atoms with E-state index >= 15 is 0 Å². The third-order valence-corrected chi connectivity index (χ3v) is 3.76. The summed E-state index contributed by atoms with van der Waals surface area (Å²) in [5.41, 5.74) is 6.78. The molecule has 0 N–H and O–H groups in total. The number of anilines is 1. The molecule has 2 aliphatic rings. The van der Waals surface area contributed by atoms with Gasteiger partial charge in [0.15, 0.2) is 0 Å². The van der Waals surface area contributed by atoms with Crippen molar-refractivity contribution in [2.24, 2.45) is 5.92 Å². The first-order valence-corrected chi connectivity index (χ1v) is 6.49. The molecule has 0 amide bonds. The Kier molecular flexibility index (Phi) is 2.36. The van der Waals surface area contributed by atoms with Crippen LogP contribution in [0.4, 0.5) is 5.69 Å². The highest BCUT2D eigenvalue weighted by Gasteiger charge is 2.31. The molecule has 88 valence electrons. The van der Waals surface area contributed by atoms with E-state index < -0.39 is 0 Å². The average Bonchev–Trinajstić information content (AvgIpc) is 3.12. The van der Waals surface area contributed by atoms with Crippen LogP contribution in [0.3, 0.4) is 0 Å². The van der Waals surface area contributed by atoms with Gasteiger partial charge in [-0.25, -0.2) is 0 Å². The standard InChI is InChI=1S/C16H19N/c1-4-17-12(3)10-14(13-6-7-13)15-9-11(2)5-8-16(15)17/h5,8-10,13H,3-4,6-7H2,1-2H3. The first kappa shape index (κ1) is 10.6. The van der Waals surface area contributed by atoms with Crippen LogP contribution in [0.1, 0.15) is 30.9 Å². The minimum atomic E-state index is 0.784. The molecule has 1 heteroatoms. The van der Waals surface area contributed by atoms with Gasteiger partial charge in [0, 0.05) is 23.5 Å². The summed E-state index contributed by atoms with van der Waals surface area (Å²) in [6, 6.07) is 6.77. The first-order valence-electron chi connectivity index (χ1n) is 6.49. The normalized spacial score (nSPS) is 19.1. The number of allylic oxidation sites excluding steroid dienone is 2. The van der Waals surface area contributed by atoms with Gasteiger partial charge in [-0.2, -0.15) is 0 Å². The Morgan fingerprint density at radius 3 is 2.76 bits per heavy atom. The van der Waals surface area contributed by atoms with E-state index in [4.69, 9.17) is 0 Å². The molecule has 1 nitrogen and oxygen atoms in total. The lowest BCUT2D eigenvalue weighted by Crippen LogP contribution is -2.24. The maximum Gasteiger partial charge on any atom is 0.0487 e. The summed E-state index contributed by atoms with van der Waals surface area (Å²) in [6.07, 6.45) is 4.99. The van der Waals surface area contributed by atoms with Crippen LogP contribution in [0, 0.1) is 12.8 Å². The third-order valence-electron chi connectivity index (χ3n) is 3.76. The van der Waals surface area contributed by atoms with Gasteiger partial charge in [0.1, 0.15) is 0 Å². The molecule has 3 rings (SSSR count). The number of likely N-dealkylation sites (N-methyl/N-ethyl adjacent to an activating group) is 1. The van der Waals surface area contributed by atoms with Crippen molar-refractivity contribution < 1.29 is 0 Å². The maximum absolute atomic E-state index is 4.20. The maximum atomic E-state index is 4.20. The zero-order chi connectivity index (χ0) is 12.0. The van der Waals surface area contributed by atoms with Crippen LogP contribution in [0.15, 0.2) is 36.6 Å². The number of benzene rings is 1. The van der Waals surface area contributed by atoms with Gasteiger partial charge < -0.3 is 4.90 Å². The van der Waals surface area contributed by atoms with E-state index in [1.54, 1.807) is 0 Å². The number of fused-ring (bicyclic) bond motifs is 1. The van der Waals surface area contributed by atoms with E-state index in [2.05, 4.69) is 49.6 Å². The molecule has 1 aliphatic heterocycles. The second-order valence-corrected chi connectivity index (χ2v) is 5.13. The molecule has 1 aliphatic carbocycles. The van der Waals surface area contributed by atoms with E-state index in [1.807, 2.05) is 0 Å². The smallest absolute Gasteiger partial charge is 0.0487 e. The topological polar surface area (TPSA) is 3.24 Å². The Bertz CT molecular complexity index is 506. The summed E-state index contributed by atoms with van der Waals surface area (Å²) >= 11 is 0. The van der Waals surface area contributed by atoms with Crippen molar-refractivity contribution in [3.8, 4) is 0 Å². The van der Waals surface area contributed by atoms with Gasteiger partial charge in [-0.05, 0) is 56.4 Å². The van der Waals surface area contributed by atoms with Crippen LogP contribution < -0.4 is 4.90 Å². The molecular formula is C16H19N. The van der Waals surface area contributed by atoms with Gasteiger partial charge in [0.2, 0.25) is 0 Å². The van der Waals surface area contributed by atoms with Crippen molar-refractivity contribution in [1.82, 2.24) is 0 Å². The highest BCUT2D eigenvalue weighted by Crippen LogP contribution is 2.48. The molecule has 0 spiro atoms. The largest absolute Gasteiger partial charge is 0.342 e. The molecule has 1 aromatic carbocycles. The van der Waals surface area contributed by atoms with Crippen molar-refractivity contribution in [3.63, 3.8) is 0 Å². The summed E-state index contributed by atoms with van der Waals surface area (Å²) < 4.78 is 0. The number of nitrogens with zero attached hydrogens (tertiary/aromatic N) is 1. The molecule has 0 atom stereocenters. The van der Waals surface area contributed by atoms with Crippen LogP contribution in [-0.4, -0.2) is 6.54 Å². The molecular weight excluding hydrogens is 206 g/mol. The fourth-order valence-corrected chi connectivity index (χ4v) is 2.71. The van der Waals surface area contributed by atoms with Crippen LogP contribution in [0.2, 0.25) is 0 Å². The van der Waals surface area contributed by atoms with Crippen LogP contribution in [-0.2, 0) is 0 Å². The first-order chi connectivity index (χ1) is 8.20. The SMILES string of the molecule is C=C1C=C(C2CC2)c2cc(C)ccc2N1CC. The van der Waals surface area contributed by atoms with Crippen molar-refractivity contribution in [2.45, 2.75) is 26.7 Å². The number of hydrogen-bond donors (Lipinski definition) is 0. The molecule has 1 aromatic rings. The van der Waals surface area contributed by atoms with Gasteiger partial charge >= 0.3 is 0 Å². The van der Waals surface area contributed by atoms with Gasteiger partial charge in [0.05, 0.1) is 0 Å². The van der Waals surface area contributed by atoms with Gasteiger partial charge in [-0.1, -0.05) is 18.2 Å². The van der Waals surface area contributed by atoms with E-state index in [0.29, 0.717) is 0 Å². The Balaban J connectivity index is 2.16. The fourth-order valence-electron chi connectivity index (χ4n) is 2.71. The summed E-state index contributed by atoms with van der Waals surface area (Å²) in [7, 11) is 0. The molecule has 1 heterocycles. The molecule has 0 bridgehead atoms. The van der Waals surface area contributed by atoms with Crippen LogP contribution in [0.5, 0.6) is 0 Å². The molecule has 0 saturated heterocycles. The summed E-state index contributed by atoms with van der Waals surface area (Å²) in [5, 5.41) is 0. The molecule has 0 aromatic heterocycles. The quantitative estimate of drug-likeness (QED) is 0.731. The molecule has 1 fully saturated rings. The minimum absolute atomic E-state index is 0.784. The Morgan fingerprint density at radius 2 is 2.12 bits per heavy atom. The predicted molar refractivity (Wildman–Crippen MR) is 74.0 cm³/mol. The number of aryl methyl sites for hydroxylation is 1. The highest BCUT2D eigenvalue weighted by molar-refractivity contribution is 5.86. The lowest BCUT2D eigenvalue weighted by molar-refractivity contribution is 0.959. The number of hydrogen-bond acceptors (Lipinski definition) is 1. The van der Waals surface area contributed by atoms with Crippen LogP contribution >= 0.6 is 0 Å². The van der Waals surface area contributed by atoms with Crippen molar-refractivity contribution >= 4 is 11.3 Å². The Morgan fingerprint density at radius 1 is 1.35 bits per heavy atom. The Hall–Kier alpha value is -1.50. The minimum Gasteiger partial charge on any atom is -0.342 e. The summed E-state index contributed by atoms with van der Waals surface area (Å²) in [6.45, 7) is 9.54. The molecule has 0 radical (unpaired) electrons. The lowest BCUT2D eigenvalue weighted by Gasteiger charge is -2.32. The second kappa shape index (κ2) is 3.76. The van der Waals surface area contributed by atoms with Gasteiger partial charge in [0.25, 0.3) is 0 Å². The summed E-state index contributed by atoms with van der Waals surface area (Å²) in [5.74, 6) is 0.784. The van der Waals surface area contributed by atoms with Crippen LogP contribution in [0.25, 0.3) is 5.57 Å². The van der Waals surface area contributed by atoms with E-state index in [-0.39, 0.29) is 0 Å². The van der Waals surface area contributed by atoms with E-state index in [1.165, 1.54) is 35.2 Å². The van der Waals surface area contributed by atoms with Gasteiger partial charge in [-0.15, -0.1) is 0 Å². The lowest BCUT2D eigenvalue weighted by atomic mass is 9.93. The van der Waals surface area contributed by atoms with Crippen molar-refractivity contribution in [3.05, 3.63) is 47.7 Å². The van der Waals surface area contributed by atoms with E-state index in [9.17, 15) is 0 Å². The predicted octanol–water partition coefficient (Wildman–Crippen LogP) is 4.14. The van der Waals surface area contributed by atoms with E-state index in [0.717, 1.165) is 18.2 Å². The number of rotatable bonds is 2. The fraction of sp³-hybridized carbons (Fsp3) is 0.375. The van der Waals surface area contributed by atoms with Gasteiger partial charge in [-0.3, -0.25) is 0 Å². The molecule has 0 unspecified atom stereocenters. The van der Waals surface area contributed by atoms with Crippen molar-refractivity contribution in [2.75, 3.05) is 11.4 Å². The van der Waals surface area contributed by atoms with Crippen molar-refractivity contribution in [1.29, 1.82) is 0 Å². The molecule has 17 heavy (non-hydrogen) atoms. The zero-order valence-electron chi connectivity index (χ0n) is 10.7. The monoisotopic (exact) mass is 225 g/mol. The third kappa shape index (κ3) is 1.70. The highest BCUT2D eigenvalue weighted by atomic mass is 15.1. The summed E-state index contributed by atoms with van der Waals surface area (Å²) in [4.78, 5) is 2.31. The average molecular weight is 225 g/mol. The zero-order valence-corrected chi connectivity index (χ0v) is 10.7. The second-order valence-electron chi connectivity index (χ2n) is 5.13. The Labute approximate surface area is 103 Å².